The monoisotopic (exact) mass is 403 g/mol. The molecule has 4 rings (SSSR count). The van der Waals surface area contributed by atoms with Gasteiger partial charge in [-0.3, -0.25) is 4.90 Å². The van der Waals surface area contributed by atoms with E-state index in [9.17, 15) is 0 Å². The summed E-state index contributed by atoms with van der Waals surface area (Å²) in [5.41, 5.74) is 9.64. The number of allylic oxidation sites excluding steroid dienone is 1. The van der Waals surface area contributed by atoms with Gasteiger partial charge in [0.05, 0.1) is 18.9 Å². The summed E-state index contributed by atoms with van der Waals surface area (Å²) in [4.78, 5) is 4.88. The second-order valence-corrected chi connectivity index (χ2v) is 8.64. The zero-order valence-corrected chi connectivity index (χ0v) is 17.9. The highest BCUT2D eigenvalue weighted by molar-refractivity contribution is 5.66. The van der Waals surface area contributed by atoms with Crippen molar-refractivity contribution >= 4 is 5.57 Å². The van der Waals surface area contributed by atoms with E-state index in [0.717, 1.165) is 71.7 Å². The second-order valence-electron chi connectivity index (χ2n) is 8.64. The van der Waals surface area contributed by atoms with E-state index in [2.05, 4.69) is 33.8 Å². The van der Waals surface area contributed by atoms with Gasteiger partial charge in [0.1, 0.15) is 6.23 Å². The van der Waals surface area contributed by atoms with Crippen molar-refractivity contribution in [3.05, 3.63) is 23.5 Å². The molecule has 1 aliphatic carbocycles. The van der Waals surface area contributed by atoms with Crippen molar-refractivity contribution in [2.45, 2.75) is 57.3 Å². The van der Waals surface area contributed by atoms with Crippen molar-refractivity contribution in [2.24, 2.45) is 5.73 Å². The number of aromatic nitrogens is 2. The summed E-state index contributed by atoms with van der Waals surface area (Å²) in [5.74, 6) is 0. The predicted octanol–water partition coefficient (Wildman–Crippen LogP) is 2.24. The lowest BCUT2D eigenvalue weighted by Crippen LogP contribution is -2.44. The third kappa shape index (κ3) is 5.27. The maximum Gasteiger partial charge on any atom is 0.150 e. The summed E-state index contributed by atoms with van der Waals surface area (Å²) in [7, 11) is 2.13. The van der Waals surface area contributed by atoms with Crippen LogP contribution in [0, 0.1) is 0 Å². The average Bonchev–Trinajstić information content (AvgIpc) is 3.19. The molecule has 2 atom stereocenters. The number of hydrogen-bond acceptors (Lipinski definition) is 6. The highest BCUT2D eigenvalue weighted by atomic mass is 16.5. The lowest BCUT2D eigenvalue weighted by Gasteiger charge is -2.36. The van der Waals surface area contributed by atoms with E-state index in [4.69, 9.17) is 20.3 Å². The van der Waals surface area contributed by atoms with Crippen LogP contribution in [0.1, 0.15) is 56.0 Å². The fourth-order valence-electron chi connectivity index (χ4n) is 4.80. The first-order chi connectivity index (χ1) is 14.2. The molecule has 1 aromatic heterocycles. The lowest BCUT2D eigenvalue weighted by atomic mass is 9.91. The van der Waals surface area contributed by atoms with Gasteiger partial charge in [-0.25, -0.2) is 4.68 Å². The normalized spacial score (nSPS) is 26.7. The minimum atomic E-state index is 0.0846. The second kappa shape index (κ2) is 10.2. The first-order valence-electron chi connectivity index (χ1n) is 11.3. The van der Waals surface area contributed by atoms with Crippen molar-refractivity contribution in [2.75, 3.05) is 53.0 Å². The predicted molar refractivity (Wildman–Crippen MR) is 114 cm³/mol. The molecule has 29 heavy (non-hydrogen) atoms. The highest BCUT2D eigenvalue weighted by Crippen LogP contribution is 2.32. The zero-order valence-electron chi connectivity index (χ0n) is 17.9. The number of morpholine rings is 1. The molecule has 0 aromatic carbocycles. The first-order valence-corrected chi connectivity index (χ1v) is 11.3. The molecule has 0 bridgehead atoms. The smallest absolute Gasteiger partial charge is 0.150 e. The van der Waals surface area contributed by atoms with Gasteiger partial charge < -0.3 is 20.1 Å². The van der Waals surface area contributed by atoms with Gasteiger partial charge in [0, 0.05) is 57.1 Å². The molecule has 7 heteroatoms. The molecular weight excluding hydrogens is 366 g/mol. The minimum Gasteiger partial charge on any atom is -0.379 e. The lowest BCUT2D eigenvalue weighted by molar-refractivity contribution is -0.0396. The number of nitrogens with two attached hydrogens (primary N) is 1. The summed E-state index contributed by atoms with van der Waals surface area (Å²) >= 11 is 0. The van der Waals surface area contributed by atoms with E-state index < -0.39 is 0 Å². The molecule has 7 nitrogen and oxygen atoms in total. The van der Waals surface area contributed by atoms with Gasteiger partial charge >= 0.3 is 0 Å². The Morgan fingerprint density at radius 1 is 1.21 bits per heavy atom. The quantitative estimate of drug-likeness (QED) is 0.753. The molecular formula is C22H37N5O2. The van der Waals surface area contributed by atoms with Crippen molar-refractivity contribution in [3.63, 3.8) is 0 Å². The van der Waals surface area contributed by atoms with Gasteiger partial charge in [0.25, 0.3) is 0 Å². The van der Waals surface area contributed by atoms with Gasteiger partial charge in [0.15, 0.2) is 0 Å². The Bertz CT molecular complexity index is 677. The van der Waals surface area contributed by atoms with Crippen LogP contribution in [0.25, 0.3) is 5.57 Å². The summed E-state index contributed by atoms with van der Waals surface area (Å²) in [6, 6.07) is 0.648. The summed E-state index contributed by atoms with van der Waals surface area (Å²) in [6.07, 6.45) is 11.6. The Balaban J connectivity index is 1.51. The summed E-state index contributed by atoms with van der Waals surface area (Å²) in [5, 5.41) is 5.04. The summed E-state index contributed by atoms with van der Waals surface area (Å²) < 4.78 is 13.6. The largest absolute Gasteiger partial charge is 0.379 e. The molecule has 2 unspecified atom stereocenters. The Kier molecular flexibility index (Phi) is 7.37. The SMILES string of the molecule is CN(CCN)Cc1cn(C2CCCCO2)nc1C1=CCC(N2CCOCC2)CC1. The molecule has 0 amide bonds. The van der Waals surface area contributed by atoms with Crippen LogP contribution < -0.4 is 5.73 Å². The standard InChI is InChI=1S/C22H37N5O2/c1-25(10-9-23)16-19-17-27(21-4-2-3-13-29-21)24-22(19)18-5-7-20(8-6-18)26-11-14-28-15-12-26/h5,17,20-21H,2-4,6-16,23H2,1H3. The molecule has 3 aliphatic rings. The van der Waals surface area contributed by atoms with E-state index in [1.807, 2.05) is 0 Å². The zero-order chi connectivity index (χ0) is 20.1. The number of hydrogen-bond donors (Lipinski definition) is 1. The number of ether oxygens (including phenoxy) is 2. The molecule has 0 saturated carbocycles. The Hall–Kier alpha value is -1.25. The van der Waals surface area contributed by atoms with Crippen LogP contribution in [0.4, 0.5) is 0 Å². The molecule has 0 spiro atoms. The first kappa shape index (κ1) is 21.0. The molecule has 2 saturated heterocycles. The van der Waals surface area contributed by atoms with Crippen LogP contribution in [0.2, 0.25) is 0 Å². The van der Waals surface area contributed by atoms with Crippen LogP contribution in [-0.4, -0.2) is 78.7 Å². The maximum atomic E-state index is 6.00. The van der Waals surface area contributed by atoms with E-state index in [1.54, 1.807) is 0 Å². The Morgan fingerprint density at radius 3 is 2.76 bits per heavy atom. The molecule has 1 aromatic rings. The molecule has 2 N–H and O–H groups in total. The van der Waals surface area contributed by atoms with Gasteiger partial charge in [-0.15, -0.1) is 0 Å². The third-order valence-electron chi connectivity index (χ3n) is 6.46. The van der Waals surface area contributed by atoms with Crippen LogP contribution in [0.5, 0.6) is 0 Å². The van der Waals surface area contributed by atoms with Crippen molar-refractivity contribution < 1.29 is 9.47 Å². The summed E-state index contributed by atoms with van der Waals surface area (Å²) in [6.45, 7) is 7.16. The van der Waals surface area contributed by atoms with Crippen molar-refractivity contribution in [1.29, 1.82) is 0 Å². The molecule has 162 valence electrons. The van der Waals surface area contributed by atoms with Crippen LogP contribution >= 0.6 is 0 Å². The van der Waals surface area contributed by atoms with E-state index in [0.29, 0.717) is 12.6 Å². The number of likely N-dealkylation sites (N-methyl/N-ethyl adjacent to an activating group) is 1. The molecule has 2 aliphatic heterocycles. The van der Waals surface area contributed by atoms with Gasteiger partial charge in [-0.1, -0.05) is 6.08 Å². The molecule has 3 heterocycles. The fraction of sp³-hybridized carbons (Fsp3) is 0.773. The third-order valence-corrected chi connectivity index (χ3v) is 6.46. The number of rotatable bonds is 7. The number of nitrogens with zero attached hydrogens (tertiary/aromatic N) is 4. The maximum absolute atomic E-state index is 6.00. The Labute approximate surface area is 174 Å². The average molecular weight is 404 g/mol. The van der Waals surface area contributed by atoms with Crippen LogP contribution in [0.3, 0.4) is 0 Å². The van der Waals surface area contributed by atoms with Gasteiger partial charge in [-0.2, -0.15) is 5.10 Å². The van der Waals surface area contributed by atoms with E-state index >= 15 is 0 Å². The van der Waals surface area contributed by atoms with Crippen LogP contribution in [0.15, 0.2) is 12.3 Å². The molecule has 2 fully saturated rings. The van der Waals surface area contributed by atoms with Crippen molar-refractivity contribution in [3.8, 4) is 0 Å². The van der Waals surface area contributed by atoms with Gasteiger partial charge in [0.2, 0.25) is 0 Å². The van der Waals surface area contributed by atoms with Crippen molar-refractivity contribution in [1.82, 2.24) is 19.6 Å². The van der Waals surface area contributed by atoms with Gasteiger partial charge in [-0.05, 0) is 51.1 Å². The van der Waals surface area contributed by atoms with E-state index in [-0.39, 0.29) is 6.23 Å². The topological polar surface area (TPSA) is 68.8 Å². The fourth-order valence-corrected chi connectivity index (χ4v) is 4.80. The van der Waals surface area contributed by atoms with Crippen LogP contribution in [-0.2, 0) is 16.0 Å². The van der Waals surface area contributed by atoms with E-state index in [1.165, 1.54) is 29.7 Å². The molecule has 0 radical (unpaired) electrons. The minimum absolute atomic E-state index is 0.0846. The highest BCUT2D eigenvalue weighted by Gasteiger charge is 2.26. The Morgan fingerprint density at radius 2 is 2.07 bits per heavy atom.